The van der Waals surface area contributed by atoms with Crippen LogP contribution in [0.1, 0.15) is 39.5 Å². The molecule has 1 aliphatic carbocycles. The highest BCUT2D eigenvalue weighted by atomic mass is 19.4. The molecule has 1 aliphatic rings. The summed E-state index contributed by atoms with van der Waals surface area (Å²) in [6, 6.07) is 15.0. The Bertz CT molecular complexity index is 979. The molecule has 0 unspecified atom stereocenters. The maximum atomic E-state index is 12.1. The van der Waals surface area contributed by atoms with Gasteiger partial charge in [-0.25, -0.2) is 4.79 Å². The van der Waals surface area contributed by atoms with E-state index in [1.165, 1.54) is 25.7 Å². The minimum atomic E-state index is -5.13. The fraction of sp³-hybridized carbons (Fsp3) is 0.462. The highest BCUT2D eigenvalue weighted by Crippen LogP contribution is 2.35. The summed E-state index contributed by atoms with van der Waals surface area (Å²) in [5.41, 5.74) is 2.66. The fourth-order valence-corrected chi connectivity index (χ4v) is 3.93. The molecule has 9 heteroatoms. The van der Waals surface area contributed by atoms with Crippen molar-refractivity contribution in [1.82, 2.24) is 5.32 Å². The predicted molar refractivity (Wildman–Crippen MR) is 127 cm³/mol. The number of halogens is 3. The van der Waals surface area contributed by atoms with Crippen LogP contribution in [0, 0.1) is 5.41 Å². The first-order chi connectivity index (χ1) is 16.5. The third-order valence-corrected chi connectivity index (χ3v) is 6.07. The molecular weight excluding hydrogens is 461 g/mol. The van der Waals surface area contributed by atoms with Gasteiger partial charge in [-0.3, -0.25) is 4.79 Å². The lowest BCUT2D eigenvalue weighted by Gasteiger charge is -2.34. The van der Waals surface area contributed by atoms with Crippen molar-refractivity contribution in [1.29, 1.82) is 0 Å². The number of ether oxygens (including phenoxy) is 2. The van der Waals surface area contributed by atoms with Crippen molar-refractivity contribution in [2.45, 2.75) is 51.7 Å². The molecule has 0 radical (unpaired) electrons. The molecule has 1 amide bonds. The average molecular weight is 493 g/mol. The van der Waals surface area contributed by atoms with Crippen LogP contribution in [-0.2, 0) is 14.3 Å². The molecule has 0 heterocycles. The molecule has 190 valence electrons. The summed E-state index contributed by atoms with van der Waals surface area (Å²) in [5, 5.41) is 5.96. The van der Waals surface area contributed by atoms with Gasteiger partial charge in [0.1, 0.15) is 12.4 Å². The van der Waals surface area contributed by atoms with Crippen molar-refractivity contribution in [3.05, 3.63) is 48.5 Å². The van der Waals surface area contributed by atoms with E-state index in [2.05, 4.69) is 29.2 Å². The number of nitrogens with one attached hydrogen (secondary N) is 2. The monoisotopic (exact) mass is 492 g/mol. The zero-order valence-corrected chi connectivity index (χ0v) is 19.9. The summed E-state index contributed by atoms with van der Waals surface area (Å²) in [4.78, 5) is 22.4. The maximum Gasteiger partial charge on any atom is 0.490 e. The van der Waals surface area contributed by atoms with Gasteiger partial charge in [0.25, 0.3) is 5.91 Å². The van der Waals surface area contributed by atoms with Crippen molar-refractivity contribution in [2.75, 3.05) is 25.1 Å². The highest BCUT2D eigenvalue weighted by molar-refractivity contribution is 5.93. The van der Waals surface area contributed by atoms with Gasteiger partial charge in [-0.2, -0.15) is 13.2 Å². The summed E-state index contributed by atoms with van der Waals surface area (Å²) in [7, 11) is 0. The Labute approximate surface area is 203 Å². The number of hydrogen-bond donors (Lipinski definition) is 2. The van der Waals surface area contributed by atoms with E-state index in [1.807, 2.05) is 24.3 Å². The van der Waals surface area contributed by atoms with E-state index in [9.17, 15) is 22.8 Å². The summed E-state index contributed by atoms with van der Waals surface area (Å²) in [6.45, 7) is 5.03. The molecule has 0 aromatic heterocycles. The van der Waals surface area contributed by atoms with Gasteiger partial charge in [0, 0.05) is 18.3 Å². The number of amides is 1. The Kier molecular flexibility index (Phi) is 8.77. The van der Waals surface area contributed by atoms with Gasteiger partial charge >= 0.3 is 12.1 Å². The predicted octanol–water partition coefficient (Wildman–Crippen LogP) is 5.33. The second kappa shape index (κ2) is 11.6. The minimum Gasteiger partial charge on any atom is -0.492 e. The second-order valence-electron chi connectivity index (χ2n) is 9.46. The van der Waals surface area contributed by atoms with E-state index < -0.39 is 24.7 Å². The smallest absolute Gasteiger partial charge is 0.490 e. The maximum absolute atomic E-state index is 12.1. The van der Waals surface area contributed by atoms with E-state index >= 15 is 0 Å². The van der Waals surface area contributed by atoms with Crippen LogP contribution in [0.2, 0.25) is 0 Å². The van der Waals surface area contributed by atoms with Crippen molar-refractivity contribution >= 4 is 17.6 Å². The zero-order chi connectivity index (χ0) is 25.5. The topological polar surface area (TPSA) is 76.7 Å². The normalized spacial score (nSPS) is 15.9. The lowest BCUT2D eigenvalue weighted by molar-refractivity contribution is -0.199. The van der Waals surface area contributed by atoms with E-state index in [4.69, 9.17) is 4.74 Å². The Morgan fingerprint density at radius 1 is 0.971 bits per heavy atom. The Morgan fingerprint density at radius 2 is 1.54 bits per heavy atom. The van der Waals surface area contributed by atoms with Gasteiger partial charge in [-0.15, -0.1) is 0 Å². The van der Waals surface area contributed by atoms with Crippen LogP contribution in [0.5, 0.6) is 5.75 Å². The summed E-state index contributed by atoms with van der Waals surface area (Å²) in [5.74, 6) is -2.49. The Hall–Kier alpha value is -3.07. The molecule has 2 aromatic rings. The molecule has 35 heavy (non-hydrogen) atoms. The number of alkyl halides is 3. The molecule has 0 bridgehead atoms. The number of rotatable bonds is 9. The lowest BCUT2D eigenvalue weighted by Crippen LogP contribution is -2.37. The highest BCUT2D eigenvalue weighted by Gasteiger charge is 2.41. The van der Waals surface area contributed by atoms with Crippen molar-refractivity contribution in [3.8, 4) is 16.9 Å². The van der Waals surface area contributed by atoms with Gasteiger partial charge in [0.05, 0.1) is 0 Å². The third-order valence-electron chi connectivity index (χ3n) is 6.07. The Morgan fingerprint density at radius 3 is 2.11 bits per heavy atom. The zero-order valence-electron chi connectivity index (χ0n) is 19.9. The fourth-order valence-electron chi connectivity index (χ4n) is 3.93. The third kappa shape index (κ3) is 8.58. The van der Waals surface area contributed by atoms with Crippen LogP contribution in [-0.4, -0.2) is 43.9 Å². The first-order valence-corrected chi connectivity index (χ1v) is 11.6. The van der Waals surface area contributed by atoms with Crippen molar-refractivity contribution in [3.63, 3.8) is 0 Å². The summed E-state index contributed by atoms with van der Waals surface area (Å²) < 4.78 is 46.1. The van der Waals surface area contributed by atoms with Gasteiger partial charge < -0.3 is 20.1 Å². The lowest BCUT2D eigenvalue weighted by atomic mass is 9.75. The molecule has 0 aliphatic heterocycles. The number of carbonyl (C=O) groups is 2. The van der Waals surface area contributed by atoms with E-state index in [0.717, 1.165) is 23.4 Å². The number of carbonyl (C=O) groups excluding carboxylic acids is 2. The molecule has 0 spiro atoms. The number of anilines is 1. The van der Waals surface area contributed by atoms with Crippen LogP contribution in [0.25, 0.3) is 11.1 Å². The minimum absolute atomic E-state index is 0.371. The average Bonchev–Trinajstić information content (AvgIpc) is 2.81. The SMILES string of the molecule is CC1(C)CCC(NCCOc2ccc(-c3ccc(NC(=O)COC(=O)C(F)(F)F)cc3)cc2)CC1. The molecule has 6 nitrogen and oxygen atoms in total. The molecule has 2 aromatic carbocycles. The first kappa shape index (κ1) is 26.5. The van der Waals surface area contributed by atoms with Gasteiger partial charge in [0.2, 0.25) is 0 Å². The van der Waals surface area contributed by atoms with Gasteiger partial charge in [-0.05, 0) is 66.5 Å². The standard InChI is InChI=1S/C26H31F3N2O4/c1-25(2)13-11-20(12-14-25)30-15-16-34-22-9-5-19(6-10-22)18-3-7-21(8-4-18)31-23(32)17-35-24(33)26(27,28)29/h3-10,20,30H,11-17H2,1-2H3,(H,31,32). The molecule has 0 atom stereocenters. The number of benzene rings is 2. The number of esters is 1. The second-order valence-corrected chi connectivity index (χ2v) is 9.46. The molecule has 2 N–H and O–H groups in total. The van der Waals surface area contributed by atoms with Gasteiger partial charge in [0.15, 0.2) is 6.61 Å². The molecule has 1 fully saturated rings. The summed E-state index contributed by atoms with van der Waals surface area (Å²) >= 11 is 0. The van der Waals surface area contributed by atoms with E-state index in [1.54, 1.807) is 24.3 Å². The van der Waals surface area contributed by atoms with Crippen LogP contribution in [0.4, 0.5) is 18.9 Å². The van der Waals surface area contributed by atoms with Crippen LogP contribution >= 0.6 is 0 Å². The van der Waals surface area contributed by atoms with Crippen LogP contribution in [0.15, 0.2) is 48.5 Å². The first-order valence-electron chi connectivity index (χ1n) is 11.6. The Balaban J connectivity index is 1.40. The van der Waals surface area contributed by atoms with Crippen molar-refractivity contribution in [2.24, 2.45) is 5.41 Å². The molecular formula is C26H31F3N2O4. The summed E-state index contributed by atoms with van der Waals surface area (Å²) in [6.07, 6.45) is -0.229. The largest absolute Gasteiger partial charge is 0.492 e. The molecule has 3 rings (SSSR count). The van der Waals surface area contributed by atoms with Gasteiger partial charge in [-0.1, -0.05) is 38.1 Å². The molecule has 1 saturated carbocycles. The number of hydrogen-bond acceptors (Lipinski definition) is 5. The van der Waals surface area contributed by atoms with Crippen LogP contribution < -0.4 is 15.4 Å². The van der Waals surface area contributed by atoms with Crippen LogP contribution in [0.3, 0.4) is 0 Å². The quantitative estimate of drug-likeness (QED) is 0.365. The van der Waals surface area contributed by atoms with E-state index in [0.29, 0.717) is 23.8 Å². The van der Waals surface area contributed by atoms with Crippen molar-refractivity contribution < 1.29 is 32.2 Å². The van der Waals surface area contributed by atoms with E-state index in [-0.39, 0.29) is 0 Å². The molecule has 0 saturated heterocycles.